The molecule has 0 unspecified atom stereocenters. The second kappa shape index (κ2) is 6.77. The molecule has 4 nitrogen and oxygen atoms in total. The van der Waals surface area contributed by atoms with E-state index in [1.54, 1.807) is 23.1 Å². The number of benzene rings is 1. The predicted molar refractivity (Wildman–Crippen MR) is 92.2 cm³/mol. The fraction of sp³-hybridized carbons (Fsp3) is 0.467. The summed E-state index contributed by atoms with van der Waals surface area (Å²) in [4.78, 5) is 16.5. The fourth-order valence-corrected chi connectivity index (χ4v) is 3.53. The van der Waals surface area contributed by atoms with E-state index in [4.69, 9.17) is 0 Å². The van der Waals surface area contributed by atoms with Crippen LogP contribution < -0.4 is 5.32 Å². The number of hydrogen-bond acceptors (Lipinski definition) is 4. The standard InChI is InChI=1S/C15H21N3OS2/c1-18(2,3)9-5-6-14(19)16-11-7-8-12-13(10-11)21-15(17-12)20-4/h7-8,10H,5-6,9H2,1-4H3/p+1. The zero-order valence-corrected chi connectivity index (χ0v) is 14.6. The summed E-state index contributed by atoms with van der Waals surface area (Å²) in [5, 5.41) is 2.97. The number of aromatic nitrogens is 1. The number of amides is 1. The van der Waals surface area contributed by atoms with E-state index in [-0.39, 0.29) is 5.91 Å². The first-order chi connectivity index (χ1) is 9.87. The van der Waals surface area contributed by atoms with Crippen LogP contribution in [-0.2, 0) is 4.79 Å². The molecule has 21 heavy (non-hydrogen) atoms. The quantitative estimate of drug-likeness (QED) is 0.654. The van der Waals surface area contributed by atoms with Gasteiger partial charge in [-0.25, -0.2) is 4.98 Å². The van der Waals surface area contributed by atoms with E-state index in [9.17, 15) is 4.79 Å². The molecule has 0 saturated carbocycles. The molecular weight excluding hydrogens is 302 g/mol. The van der Waals surface area contributed by atoms with Crippen molar-refractivity contribution in [2.75, 3.05) is 39.3 Å². The van der Waals surface area contributed by atoms with Crippen LogP contribution in [0.15, 0.2) is 22.5 Å². The van der Waals surface area contributed by atoms with Gasteiger partial charge in [-0.1, -0.05) is 11.8 Å². The van der Waals surface area contributed by atoms with E-state index < -0.39 is 0 Å². The molecule has 1 aromatic heterocycles. The minimum absolute atomic E-state index is 0.0809. The number of fused-ring (bicyclic) bond motifs is 1. The lowest BCUT2D eigenvalue weighted by atomic mass is 10.2. The van der Waals surface area contributed by atoms with Gasteiger partial charge in [0.05, 0.1) is 37.9 Å². The summed E-state index contributed by atoms with van der Waals surface area (Å²) in [7, 11) is 6.41. The molecule has 0 aliphatic rings. The van der Waals surface area contributed by atoms with Crippen molar-refractivity contribution in [2.45, 2.75) is 17.2 Å². The van der Waals surface area contributed by atoms with Crippen molar-refractivity contribution in [3.63, 3.8) is 0 Å². The lowest BCUT2D eigenvalue weighted by molar-refractivity contribution is -0.870. The summed E-state index contributed by atoms with van der Waals surface area (Å²) < 4.78 is 3.05. The third-order valence-corrected chi connectivity index (χ3v) is 5.06. The van der Waals surface area contributed by atoms with Crippen LogP contribution in [0.1, 0.15) is 12.8 Å². The molecule has 0 atom stereocenters. The smallest absolute Gasteiger partial charge is 0.224 e. The molecule has 1 N–H and O–H groups in total. The van der Waals surface area contributed by atoms with E-state index >= 15 is 0 Å². The molecule has 0 aliphatic carbocycles. The van der Waals surface area contributed by atoms with Crippen LogP contribution in [0.25, 0.3) is 10.2 Å². The van der Waals surface area contributed by atoms with Crippen molar-refractivity contribution in [2.24, 2.45) is 0 Å². The van der Waals surface area contributed by atoms with Gasteiger partial charge in [0.1, 0.15) is 0 Å². The molecule has 0 fully saturated rings. The van der Waals surface area contributed by atoms with Crippen LogP contribution in [0.3, 0.4) is 0 Å². The number of carbonyl (C=O) groups excluding carboxylic acids is 1. The Bertz CT molecular complexity index is 631. The third kappa shape index (κ3) is 4.98. The monoisotopic (exact) mass is 324 g/mol. The highest BCUT2D eigenvalue weighted by molar-refractivity contribution is 8.00. The number of anilines is 1. The van der Waals surface area contributed by atoms with E-state index in [0.717, 1.165) is 37.7 Å². The van der Waals surface area contributed by atoms with Crippen LogP contribution in [0, 0.1) is 0 Å². The Balaban J connectivity index is 1.94. The van der Waals surface area contributed by atoms with Gasteiger partial charge >= 0.3 is 0 Å². The average molecular weight is 324 g/mol. The normalized spacial score (nSPS) is 11.8. The lowest BCUT2D eigenvalue weighted by Crippen LogP contribution is -2.35. The van der Waals surface area contributed by atoms with Gasteiger partial charge in [0.2, 0.25) is 5.91 Å². The Hall–Kier alpha value is -1.11. The van der Waals surface area contributed by atoms with Crippen molar-refractivity contribution < 1.29 is 9.28 Å². The number of rotatable bonds is 6. The topological polar surface area (TPSA) is 42.0 Å². The molecule has 0 saturated heterocycles. The number of hydrogen-bond donors (Lipinski definition) is 1. The van der Waals surface area contributed by atoms with Crippen LogP contribution in [0.2, 0.25) is 0 Å². The van der Waals surface area contributed by atoms with Crippen molar-refractivity contribution in [1.29, 1.82) is 0 Å². The molecule has 114 valence electrons. The van der Waals surface area contributed by atoms with Crippen LogP contribution in [0.4, 0.5) is 5.69 Å². The fourth-order valence-electron chi connectivity index (χ4n) is 2.01. The molecule has 0 radical (unpaired) electrons. The second-order valence-electron chi connectivity index (χ2n) is 6.03. The molecule has 0 bridgehead atoms. The summed E-state index contributed by atoms with van der Waals surface area (Å²) in [6.07, 6.45) is 3.48. The number of nitrogens with zero attached hydrogens (tertiary/aromatic N) is 2. The van der Waals surface area contributed by atoms with Gasteiger partial charge in [-0.3, -0.25) is 4.79 Å². The van der Waals surface area contributed by atoms with Gasteiger partial charge in [-0.05, 0) is 24.5 Å². The maximum atomic E-state index is 12.0. The van der Waals surface area contributed by atoms with Crippen LogP contribution in [-0.4, -0.2) is 49.3 Å². The first-order valence-corrected chi connectivity index (χ1v) is 8.96. The van der Waals surface area contributed by atoms with Gasteiger partial charge in [-0.2, -0.15) is 0 Å². The molecule has 0 spiro atoms. The van der Waals surface area contributed by atoms with E-state index in [1.807, 2.05) is 24.5 Å². The van der Waals surface area contributed by atoms with E-state index in [0.29, 0.717) is 6.42 Å². The first-order valence-electron chi connectivity index (χ1n) is 6.92. The lowest BCUT2D eigenvalue weighted by Gasteiger charge is -2.23. The minimum Gasteiger partial charge on any atom is -0.331 e. The predicted octanol–water partition coefficient (Wildman–Crippen LogP) is 3.44. The van der Waals surface area contributed by atoms with Crippen molar-refractivity contribution in [1.82, 2.24) is 4.98 Å². The number of quaternary nitrogens is 1. The largest absolute Gasteiger partial charge is 0.331 e. The number of carbonyl (C=O) groups is 1. The molecule has 6 heteroatoms. The Morgan fingerprint density at radius 2 is 2.14 bits per heavy atom. The van der Waals surface area contributed by atoms with E-state index in [1.165, 1.54) is 0 Å². The average Bonchev–Trinajstić information content (AvgIpc) is 2.79. The van der Waals surface area contributed by atoms with Gasteiger partial charge in [0.15, 0.2) is 4.34 Å². The molecule has 1 heterocycles. The number of thioether (sulfide) groups is 1. The van der Waals surface area contributed by atoms with Crippen molar-refractivity contribution in [3.05, 3.63) is 18.2 Å². The third-order valence-electron chi connectivity index (χ3n) is 3.06. The van der Waals surface area contributed by atoms with Crippen molar-refractivity contribution in [3.8, 4) is 0 Å². The van der Waals surface area contributed by atoms with Crippen LogP contribution in [0.5, 0.6) is 0 Å². The zero-order valence-electron chi connectivity index (χ0n) is 13.0. The Kier molecular flexibility index (Phi) is 5.24. The SMILES string of the molecule is CSc1nc2ccc(NC(=O)CCC[N+](C)(C)C)cc2s1. The first kappa shape index (κ1) is 16.3. The highest BCUT2D eigenvalue weighted by Crippen LogP contribution is 2.29. The molecule has 0 aliphatic heterocycles. The van der Waals surface area contributed by atoms with Gasteiger partial charge < -0.3 is 9.80 Å². The number of nitrogens with one attached hydrogen (secondary N) is 1. The van der Waals surface area contributed by atoms with E-state index in [2.05, 4.69) is 31.4 Å². The Morgan fingerprint density at radius 1 is 1.38 bits per heavy atom. The molecule has 1 aromatic carbocycles. The zero-order chi connectivity index (χ0) is 15.5. The van der Waals surface area contributed by atoms with Crippen LogP contribution >= 0.6 is 23.1 Å². The highest BCUT2D eigenvalue weighted by atomic mass is 32.2. The summed E-state index contributed by atoms with van der Waals surface area (Å²) in [5.41, 5.74) is 1.85. The molecular formula is C15H22N3OS2+. The van der Waals surface area contributed by atoms with Crippen molar-refractivity contribution >= 4 is 44.9 Å². The van der Waals surface area contributed by atoms with Gasteiger partial charge in [0.25, 0.3) is 0 Å². The molecule has 1 amide bonds. The maximum Gasteiger partial charge on any atom is 0.224 e. The number of thiazole rings is 1. The van der Waals surface area contributed by atoms with Gasteiger partial charge in [0, 0.05) is 18.5 Å². The minimum atomic E-state index is 0.0809. The second-order valence-corrected chi connectivity index (χ2v) is 8.12. The highest BCUT2D eigenvalue weighted by Gasteiger charge is 2.10. The Morgan fingerprint density at radius 3 is 2.81 bits per heavy atom. The summed E-state index contributed by atoms with van der Waals surface area (Å²) >= 11 is 3.30. The van der Waals surface area contributed by atoms with Gasteiger partial charge in [-0.15, -0.1) is 11.3 Å². The maximum absolute atomic E-state index is 12.0. The summed E-state index contributed by atoms with van der Waals surface area (Å²) in [5.74, 6) is 0.0809. The molecule has 2 aromatic rings. The Labute approximate surface area is 134 Å². The molecule has 2 rings (SSSR count). The summed E-state index contributed by atoms with van der Waals surface area (Å²) in [6.45, 7) is 0.998. The summed E-state index contributed by atoms with van der Waals surface area (Å²) in [6, 6.07) is 5.89.